The van der Waals surface area contributed by atoms with Gasteiger partial charge in [-0.1, -0.05) is 12.1 Å². The Morgan fingerprint density at radius 2 is 1.92 bits per heavy atom. The van der Waals surface area contributed by atoms with Crippen molar-refractivity contribution in [2.45, 2.75) is 17.3 Å². The molecule has 2 heterocycles. The molecule has 0 N–H and O–H groups in total. The molecule has 0 aliphatic carbocycles. The van der Waals surface area contributed by atoms with Crippen molar-refractivity contribution in [2.24, 2.45) is 0 Å². The van der Waals surface area contributed by atoms with E-state index in [1.54, 1.807) is 31.0 Å². The van der Waals surface area contributed by atoms with Gasteiger partial charge in [-0.25, -0.2) is 4.98 Å². The van der Waals surface area contributed by atoms with Gasteiger partial charge in [0.2, 0.25) is 0 Å². The summed E-state index contributed by atoms with van der Waals surface area (Å²) in [6.07, 6.45) is -4.31. The third kappa shape index (κ3) is 2.43. The maximum Gasteiger partial charge on any atom is 0.416 e. The van der Waals surface area contributed by atoms with Crippen LogP contribution < -0.4 is 4.74 Å². The highest BCUT2D eigenvalue weighted by atomic mass is 32.2. The molecular formula is C17H13F3N2OS. The van der Waals surface area contributed by atoms with Crippen molar-refractivity contribution in [1.29, 1.82) is 0 Å². The highest BCUT2D eigenvalue weighted by Crippen LogP contribution is 2.43. The molecule has 4 rings (SSSR count). The van der Waals surface area contributed by atoms with Gasteiger partial charge in [0.05, 0.1) is 29.5 Å². The van der Waals surface area contributed by atoms with Crippen molar-refractivity contribution < 1.29 is 17.9 Å². The van der Waals surface area contributed by atoms with Crippen LogP contribution in [-0.4, -0.2) is 16.7 Å². The minimum atomic E-state index is -4.31. The smallest absolute Gasteiger partial charge is 0.416 e. The quantitative estimate of drug-likeness (QED) is 0.661. The number of benzene rings is 2. The fraction of sp³-hybridized carbons (Fsp3) is 0.235. The topological polar surface area (TPSA) is 27.1 Å². The zero-order valence-electron chi connectivity index (χ0n) is 12.7. The molecule has 0 spiro atoms. The number of ether oxygens (including phenoxy) is 1. The molecule has 0 bridgehead atoms. The van der Waals surface area contributed by atoms with Crippen molar-refractivity contribution in [1.82, 2.24) is 9.55 Å². The van der Waals surface area contributed by atoms with Gasteiger partial charge in [-0.2, -0.15) is 13.2 Å². The molecule has 1 aliphatic heterocycles. The van der Waals surface area contributed by atoms with Crippen molar-refractivity contribution in [3.8, 4) is 5.75 Å². The number of alkyl halides is 3. The minimum Gasteiger partial charge on any atom is -0.497 e. The largest absolute Gasteiger partial charge is 0.497 e. The van der Waals surface area contributed by atoms with Gasteiger partial charge < -0.3 is 9.30 Å². The molecular weight excluding hydrogens is 337 g/mol. The minimum absolute atomic E-state index is 0.0688. The number of hydrogen-bond acceptors (Lipinski definition) is 3. The molecule has 0 amide bonds. The summed E-state index contributed by atoms with van der Waals surface area (Å²) in [5, 5.41) is -0.0688. The van der Waals surface area contributed by atoms with Gasteiger partial charge >= 0.3 is 6.18 Å². The van der Waals surface area contributed by atoms with E-state index in [4.69, 9.17) is 4.74 Å². The second-order valence-electron chi connectivity index (χ2n) is 5.54. The third-order valence-corrected chi connectivity index (χ3v) is 5.32. The Kier molecular flexibility index (Phi) is 3.49. The summed E-state index contributed by atoms with van der Waals surface area (Å²) in [6, 6.07) is 11.0. The number of halogens is 3. The van der Waals surface area contributed by atoms with Crippen LogP contribution in [0.3, 0.4) is 0 Å². The van der Waals surface area contributed by atoms with Crippen LogP contribution in [0.1, 0.15) is 22.3 Å². The Morgan fingerprint density at radius 1 is 1.17 bits per heavy atom. The molecule has 0 saturated carbocycles. The van der Waals surface area contributed by atoms with E-state index in [-0.39, 0.29) is 5.37 Å². The van der Waals surface area contributed by atoms with Crippen LogP contribution in [0.5, 0.6) is 5.75 Å². The molecule has 0 saturated heterocycles. The lowest BCUT2D eigenvalue weighted by Crippen LogP contribution is -2.07. The Morgan fingerprint density at radius 3 is 2.58 bits per heavy atom. The second-order valence-corrected chi connectivity index (χ2v) is 6.60. The summed E-state index contributed by atoms with van der Waals surface area (Å²) in [4.78, 5) is 4.62. The summed E-state index contributed by atoms with van der Waals surface area (Å²) >= 11 is 1.66. The SMILES string of the molecule is COc1ccc2c(c1)nc1n2C(c2ccc(C(F)(F)F)cc2)SC1. The molecule has 1 aliphatic rings. The molecule has 1 aromatic heterocycles. The van der Waals surface area contributed by atoms with E-state index in [2.05, 4.69) is 9.55 Å². The predicted molar refractivity (Wildman–Crippen MR) is 87.2 cm³/mol. The first-order valence-corrected chi connectivity index (χ1v) is 8.36. The van der Waals surface area contributed by atoms with Crippen molar-refractivity contribution in [3.05, 3.63) is 59.4 Å². The maximum atomic E-state index is 12.7. The fourth-order valence-corrected chi connectivity index (χ4v) is 4.17. The van der Waals surface area contributed by atoms with E-state index in [0.29, 0.717) is 0 Å². The molecule has 1 atom stereocenters. The monoisotopic (exact) mass is 350 g/mol. The van der Waals surface area contributed by atoms with E-state index in [0.717, 1.165) is 46.1 Å². The number of nitrogens with zero attached hydrogens (tertiary/aromatic N) is 2. The predicted octanol–water partition coefficient (Wildman–Crippen LogP) is 4.86. The number of thioether (sulfide) groups is 1. The van der Waals surface area contributed by atoms with Gasteiger partial charge in [0.1, 0.15) is 16.9 Å². The lowest BCUT2D eigenvalue weighted by Gasteiger charge is -2.15. The van der Waals surface area contributed by atoms with Crippen molar-refractivity contribution >= 4 is 22.8 Å². The lowest BCUT2D eigenvalue weighted by atomic mass is 10.1. The van der Waals surface area contributed by atoms with E-state index in [9.17, 15) is 13.2 Å². The first kappa shape index (κ1) is 15.4. The zero-order chi connectivity index (χ0) is 16.9. The number of fused-ring (bicyclic) bond motifs is 3. The molecule has 7 heteroatoms. The molecule has 0 radical (unpaired) electrons. The number of methoxy groups -OCH3 is 1. The molecule has 3 nitrogen and oxygen atoms in total. The van der Waals surface area contributed by atoms with Crippen LogP contribution in [0.25, 0.3) is 11.0 Å². The maximum absolute atomic E-state index is 12.7. The van der Waals surface area contributed by atoms with E-state index in [1.165, 1.54) is 0 Å². The van der Waals surface area contributed by atoms with Gasteiger partial charge in [0.25, 0.3) is 0 Å². The number of imidazole rings is 1. The Labute approximate surface area is 140 Å². The number of aromatic nitrogens is 2. The number of hydrogen-bond donors (Lipinski definition) is 0. The highest BCUT2D eigenvalue weighted by molar-refractivity contribution is 7.99. The lowest BCUT2D eigenvalue weighted by molar-refractivity contribution is -0.137. The highest BCUT2D eigenvalue weighted by Gasteiger charge is 2.32. The molecule has 2 aromatic carbocycles. The average Bonchev–Trinajstić information content (AvgIpc) is 3.12. The molecule has 3 aromatic rings. The fourth-order valence-electron chi connectivity index (χ4n) is 2.93. The van der Waals surface area contributed by atoms with Crippen LogP contribution >= 0.6 is 11.8 Å². The van der Waals surface area contributed by atoms with Crippen LogP contribution in [0.2, 0.25) is 0 Å². The third-order valence-electron chi connectivity index (χ3n) is 4.10. The molecule has 124 valence electrons. The van der Waals surface area contributed by atoms with Crippen LogP contribution in [-0.2, 0) is 11.9 Å². The van der Waals surface area contributed by atoms with Crippen molar-refractivity contribution in [3.63, 3.8) is 0 Å². The average molecular weight is 350 g/mol. The standard InChI is InChI=1S/C17H13F3N2OS/c1-23-12-6-7-14-13(8-12)21-15-9-24-16(22(14)15)10-2-4-11(5-3-10)17(18,19)20/h2-8,16H,9H2,1H3. The van der Waals surface area contributed by atoms with Crippen LogP contribution in [0.4, 0.5) is 13.2 Å². The van der Waals surface area contributed by atoms with Gasteiger partial charge in [-0.05, 0) is 29.8 Å². The van der Waals surface area contributed by atoms with Gasteiger partial charge in [-0.3, -0.25) is 0 Å². The first-order valence-electron chi connectivity index (χ1n) is 7.31. The van der Waals surface area contributed by atoms with Gasteiger partial charge in [0, 0.05) is 6.07 Å². The summed E-state index contributed by atoms with van der Waals surface area (Å²) in [7, 11) is 1.60. The van der Waals surface area contributed by atoms with E-state index < -0.39 is 11.7 Å². The summed E-state index contributed by atoms with van der Waals surface area (Å²) in [6.45, 7) is 0. The van der Waals surface area contributed by atoms with Crippen molar-refractivity contribution in [2.75, 3.05) is 7.11 Å². The van der Waals surface area contributed by atoms with Crippen LogP contribution in [0, 0.1) is 0 Å². The Bertz CT molecular complexity index is 903. The first-order chi connectivity index (χ1) is 11.5. The van der Waals surface area contributed by atoms with Gasteiger partial charge in [-0.15, -0.1) is 11.8 Å². The molecule has 1 unspecified atom stereocenters. The Hall–Kier alpha value is -2.15. The Balaban J connectivity index is 1.75. The van der Waals surface area contributed by atoms with Gasteiger partial charge in [0.15, 0.2) is 0 Å². The zero-order valence-corrected chi connectivity index (χ0v) is 13.5. The summed E-state index contributed by atoms with van der Waals surface area (Å²) in [5.41, 5.74) is 2.00. The molecule has 24 heavy (non-hydrogen) atoms. The summed E-state index contributed by atoms with van der Waals surface area (Å²) < 4.78 is 45.5. The van der Waals surface area contributed by atoms with E-state index >= 15 is 0 Å². The summed E-state index contributed by atoms with van der Waals surface area (Å²) in [5.74, 6) is 2.38. The van der Waals surface area contributed by atoms with E-state index in [1.807, 2.05) is 18.2 Å². The second kappa shape index (κ2) is 5.44. The number of rotatable bonds is 2. The van der Waals surface area contributed by atoms with Crippen LogP contribution in [0.15, 0.2) is 42.5 Å². The normalized spacial score (nSPS) is 17.2. The molecule has 0 fully saturated rings.